The summed E-state index contributed by atoms with van der Waals surface area (Å²) in [7, 11) is -9.00. The number of rotatable bonds is 10. The molecule has 0 spiro atoms. The van der Waals surface area contributed by atoms with Crippen molar-refractivity contribution in [3.05, 3.63) is 180 Å². The van der Waals surface area contributed by atoms with Crippen LogP contribution in [-0.4, -0.2) is 82.9 Å². The molecule has 2 amide bonds. The number of carbonyl (C=O) groups is 2. The number of halogens is 6. The van der Waals surface area contributed by atoms with Crippen LogP contribution in [0, 0.1) is 45.3 Å². The fraction of sp³-hybridized carbons (Fsp3) is 0.208. The Morgan fingerprint density at radius 2 is 0.675 bits per heavy atom. The predicted octanol–water partition coefficient (Wildman–Crippen LogP) is 8.23. The second kappa shape index (κ2) is 39.0. The third-order valence-corrected chi connectivity index (χ3v) is 8.89. The van der Waals surface area contributed by atoms with Crippen LogP contribution in [0.25, 0.3) is 0 Å². The van der Waals surface area contributed by atoms with Crippen LogP contribution in [0.15, 0.2) is 146 Å². The molecule has 0 fully saturated rings. The van der Waals surface area contributed by atoms with E-state index in [2.05, 4.69) is 30.6 Å². The van der Waals surface area contributed by atoms with Crippen LogP contribution in [0.4, 0.5) is 26.3 Å². The fourth-order valence-electron chi connectivity index (χ4n) is 4.70. The Morgan fingerprint density at radius 3 is 0.818 bits per heavy atom. The van der Waals surface area contributed by atoms with Gasteiger partial charge < -0.3 is 29.2 Å². The van der Waals surface area contributed by atoms with Gasteiger partial charge in [0.2, 0.25) is 0 Å². The Labute approximate surface area is 451 Å². The first-order valence-corrected chi connectivity index (χ1v) is 23.3. The molecule has 0 unspecified atom stereocenters. The van der Waals surface area contributed by atoms with Gasteiger partial charge in [-0.3, -0.25) is 29.5 Å². The Kier molecular flexibility index (Phi) is 36.8. The summed E-state index contributed by atoms with van der Waals surface area (Å²) in [5, 5.41) is 35.3. The molecule has 2 N–H and O–H groups in total. The number of amides is 2. The SMILES string of the molecule is CC#N.CC#N.CC#N.CC#N.COc1ccc(C(=O)NC(c2ccccn2)c2ccccn2)cc1.COc1ccc(C(=O)NC(c2ccccn2)c2ccccn2)cc1.O=S(=O)([O-])C(F)(F)F.O=S(=O)([O-])C(F)(F)F.[Fe+2]. The zero-order valence-electron chi connectivity index (χ0n) is 41.1. The predicted molar refractivity (Wildman–Crippen MR) is 258 cm³/mol. The van der Waals surface area contributed by atoms with E-state index in [9.17, 15) is 35.9 Å². The summed E-state index contributed by atoms with van der Waals surface area (Å²) in [5.74, 6) is 1.02. The van der Waals surface area contributed by atoms with Gasteiger partial charge in [0.25, 0.3) is 11.8 Å². The number of aromatic nitrogens is 4. The number of hydrogen-bond donors (Lipinski definition) is 2. The van der Waals surface area contributed by atoms with E-state index < -0.39 is 43.3 Å². The summed E-state index contributed by atoms with van der Waals surface area (Å²) in [6, 6.07) is 42.5. The van der Waals surface area contributed by atoms with Crippen molar-refractivity contribution in [2.24, 2.45) is 0 Å². The normalized spacial score (nSPS) is 9.82. The molecule has 410 valence electrons. The molecule has 0 bridgehead atoms. The number of nitrogens with one attached hydrogen (secondary N) is 2. The molecule has 0 aliphatic heterocycles. The largest absolute Gasteiger partial charge is 2.00 e. The summed E-state index contributed by atoms with van der Waals surface area (Å²) in [4.78, 5) is 42.6. The molecule has 4 aromatic heterocycles. The number of ether oxygens (including phenoxy) is 2. The molecule has 0 saturated heterocycles. The first kappa shape index (κ1) is 72.7. The number of pyridine rings is 4. The van der Waals surface area contributed by atoms with Crippen molar-refractivity contribution < 1.29 is 88.4 Å². The van der Waals surface area contributed by atoms with Crippen molar-refractivity contribution in [3.8, 4) is 35.8 Å². The number of benzene rings is 2. The third kappa shape index (κ3) is 30.4. The molecule has 0 atom stereocenters. The van der Waals surface area contributed by atoms with Crippen LogP contribution in [-0.2, 0) is 37.3 Å². The molecule has 0 aliphatic rings. The van der Waals surface area contributed by atoms with E-state index in [-0.39, 0.29) is 28.9 Å². The second-order valence-corrected chi connectivity index (χ2v) is 15.7. The van der Waals surface area contributed by atoms with Crippen molar-refractivity contribution >= 4 is 32.1 Å². The number of nitriles is 4. The number of carbonyl (C=O) groups excluding carboxylic acids is 2. The Morgan fingerprint density at radius 1 is 0.481 bits per heavy atom. The van der Waals surface area contributed by atoms with Crippen molar-refractivity contribution in [1.82, 2.24) is 30.6 Å². The van der Waals surface area contributed by atoms with E-state index in [1.165, 1.54) is 27.7 Å². The summed E-state index contributed by atoms with van der Waals surface area (Å²) < 4.78 is 128. The zero-order chi connectivity index (χ0) is 58.4. The molecular formula is C48H46F6FeN10O10S2. The second-order valence-electron chi connectivity index (χ2n) is 13.0. The first-order valence-electron chi connectivity index (χ1n) is 20.5. The molecule has 29 heteroatoms. The summed E-state index contributed by atoms with van der Waals surface area (Å²) in [6.45, 7) is 5.72. The monoisotopic (exact) mass is 1160 g/mol. The molecule has 6 aromatic rings. The van der Waals surface area contributed by atoms with Crippen LogP contribution >= 0.6 is 0 Å². The van der Waals surface area contributed by atoms with Gasteiger partial charge in [0, 0.05) is 63.6 Å². The van der Waals surface area contributed by atoms with Crippen molar-refractivity contribution in [1.29, 1.82) is 21.0 Å². The van der Waals surface area contributed by atoms with E-state index in [1.54, 1.807) is 112 Å². The molecule has 4 heterocycles. The molecule has 0 aliphatic carbocycles. The Bertz CT molecular complexity index is 2700. The molecule has 77 heavy (non-hydrogen) atoms. The van der Waals surface area contributed by atoms with Gasteiger partial charge in [-0.05, 0) is 97.1 Å². The third-order valence-electron chi connectivity index (χ3n) is 7.76. The van der Waals surface area contributed by atoms with E-state index in [4.69, 9.17) is 56.5 Å². The van der Waals surface area contributed by atoms with Crippen molar-refractivity contribution in [2.45, 2.75) is 50.8 Å². The standard InChI is InChI=1S/2C19H17N3O2.4C2H3N.2CHF3O3S.Fe/c2*1-24-15-10-8-14(9-11-15)19(23)22-18(16-6-2-4-12-20-16)17-7-3-5-13-21-17;4*1-2-3;2*2-1(3,4)8(5,6)7;/h2*2-13,18H,1H3,(H,22,23);4*1H3;2*(H,5,6,7);/q;;;;;;;;+2/p-2. The van der Waals surface area contributed by atoms with Gasteiger partial charge in [-0.15, -0.1) is 0 Å². The van der Waals surface area contributed by atoms with Crippen LogP contribution in [0.5, 0.6) is 11.5 Å². The minimum absolute atomic E-state index is 0. The topological polar surface area (TPSA) is 338 Å². The fourth-order valence-corrected chi connectivity index (χ4v) is 4.70. The van der Waals surface area contributed by atoms with Gasteiger partial charge in [-0.25, -0.2) is 16.8 Å². The maximum atomic E-state index is 12.6. The number of methoxy groups -OCH3 is 2. The molecule has 2 aromatic carbocycles. The van der Waals surface area contributed by atoms with Crippen LogP contribution in [0.1, 0.15) is 83.3 Å². The van der Waals surface area contributed by atoms with E-state index in [0.29, 0.717) is 22.6 Å². The van der Waals surface area contributed by atoms with Gasteiger partial charge in [-0.2, -0.15) is 47.4 Å². The van der Waals surface area contributed by atoms with Gasteiger partial charge in [0.05, 0.1) is 61.3 Å². The van der Waals surface area contributed by atoms with Gasteiger partial charge in [0.15, 0.2) is 20.2 Å². The molecule has 20 nitrogen and oxygen atoms in total. The summed E-state index contributed by atoms with van der Waals surface area (Å²) in [6.07, 6.45) is 6.80. The Hall–Kier alpha value is -8.54. The molecule has 6 rings (SSSR count). The molecule has 0 radical (unpaired) electrons. The van der Waals surface area contributed by atoms with Gasteiger partial charge >= 0.3 is 28.1 Å². The molecular weight excluding hydrogens is 1110 g/mol. The van der Waals surface area contributed by atoms with E-state index >= 15 is 0 Å². The van der Waals surface area contributed by atoms with Gasteiger partial charge in [0.1, 0.15) is 23.6 Å². The number of alkyl halides is 6. The quantitative estimate of drug-likeness (QED) is 0.0564. The minimum Gasteiger partial charge on any atom is -0.741 e. The number of nitrogens with zero attached hydrogens (tertiary/aromatic N) is 8. The zero-order valence-corrected chi connectivity index (χ0v) is 43.8. The summed E-state index contributed by atoms with van der Waals surface area (Å²) in [5.41, 5.74) is -7.26. The minimum atomic E-state index is -6.09. The Balaban J connectivity index is -0.000000956. The van der Waals surface area contributed by atoms with E-state index in [1.807, 2.05) is 72.8 Å². The average molecular weight is 1160 g/mol. The van der Waals surface area contributed by atoms with Crippen LogP contribution < -0.4 is 20.1 Å². The summed E-state index contributed by atoms with van der Waals surface area (Å²) >= 11 is 0. The van der Waals surface area contributed by atoms with Crippen LogP contribution in [0.3, 0.4) is 0 Å². The van der Waals surface area contributed by atoms with Crippen molar-refractivity contribution in [2.75, 3.05) is 14.2 Å². The first-order chi connectivity index (χ1) is 35.7. The molecule has 0 saturated carbocycles. The van der Waals surface area contributed by atoms with Crippen LogP contribution in [0.2, 0.25) is 0 Å². The number of hydrogen-bond acceptors (Lipinski definition) is 18. The van der Waals surface area contributed by atoms with Gasteiger partial charge in [-0.1, -0.05) is 24.3 Å². The smallest absolute Gasteiger partial charge is 0.741 e. The average Bonchev–Trinajstić information content (AvgIpc) is 3.38. The van der Waals surface area contributed by atoms with Crippen molar-refractivity contribution in [3.63, 3.8) is 0 Å². The maximum Gasteiger partial charge on any atom is 2.00 e. The maximum absolute atomic E-state index is 12.6. The van der Waals surface area contributed by atoms with E-state index in [0.717, 1.165) is 22.8 Å².